The molecular weight excluding hydrogens is 607 g/mol. The number of rotatable bonds is 11. The first kappa shape index (κ1) is 31.5. The van der Waals surface area contributed by atoms with Crippen LogP contribution < -0.4 is 0 Å². The molecule has 3 atom stereocenters. The average molecular weight is 640 g/mol. The fourth-order valence-corrected chi connectivity index (χ4v) is 6.51. The number of carbonyl (C=O) groups excluding carboxylic acids is 2. The maximum absolute atomic E-state index is 13.2. The first-order valence-corrected chi connectivity index (χ1v) is 15.9. The molecule has 1 aliphatic heterocycles. The van der Waals surface area contributed by atoms with Gasteiger partial charge >= 0.3 is 218 Å². The Morgan fingerprint density at radius 3 is 1.80 bits per heavy atom. The van der Waals surface area contributed by atoms with Crippen molar-refractivity contribution < 1.29 is 40.8 Å². The standard InChI is InChI=1S/C37H32O5S.V/c1-3-10-26(2)24-41-37-34(42-36(39)32-21-17-30(18-22-32)28-13-8-5-9-14-28)23-33(43-37)25-40-35(38)31-19-15-29(16-20-31)27-11-6-4-7-12-27;/h3-22,33-34,37H,1,23,25H2,2H3;/b26-10+;/t33-,34+,37?;/m1./s1. The summed E-state index contributed by atoms with van der Waals surface area (Å²) in [7, 11) is 0. The van der Waals surface area contributed by atoms with Crippen LogP contribution in [0.2, 0.25) is 0 Å². The third-order valence-electron chi connectivity index (χ3n) is 7.17. The first-order valence-electron chi connectivity index (χ1n) is 14.3. The molecule has 0 N–H and O–H groups in total. The monoisotopic (exact) mass is 639 g/mol. The van der Waals surface area contributed by atoms with Crippen molar-refractivity contribution in [2.45, 2.75) is 30.1 Å². The van der Waals surface area contributed by atoms with Crippen LogP contribution in [-0.4, -0.2) is 39.7 Å². The van der Waals surface area contributed by atoms with Crippen LogP contribution >= 0.6 is 11.8 Å². The Morgan fingerprint density at radius 1 is 0.773 bits per heavy atom. The fourth-order valence-electron chi connectivity index (χ4n) is 4.78. The van der Waals surface area contributed by atoms with Gasteiger partial charge in [-0.2, -0.15) is 0 Å². The zero-order chi connectivity index (χ0) is 30.9. The number of carbonyl (C=O) groups is 2. The van der Waals surface area contributed by atoms with E-state index in [0.717, 1.165) is 27.8 Å². The molecule has 5 nitrogen and oxygen atoms in total. The summed E-state index contributed by atoms with van der Waals surface area (Å²) in [6.07, 6.45) is 3.49. The summed E-state index contributed by atoms with van der Waals surface area (Å²) in [6, 6.07) is 34.7. The van der Waals surface area contributed by atoms with Gasteiger partial charge in [0.05, 0.1) is 0 Å². The molecule has 1 unspecified atom stereocenters. The Bertz CT molecular complexity index is 1630. The summed E-state index contributed by atoms with van der Waals surface area (Å²) in [5, 5.41) is -0.116. The molecule has 1 saturated heterocycles. The molecule has 1 aliphatic rings. The SMILES string of the molecule is C=C/C=C(\C)[C](=[V])OC1S[C@@H](COC(=O)c2ccc(-c3ccccc3)cc2)C[C@@H]1OC(=O)c1ccc(-c2ccccc2)cc1. The van der Waals surface area contributed by atoms with Crippen LogP contribution in [0.4, 0.5) is 0 Å². The van der Waals surface area contributed by atoms with Gasteiger partial charge in [0.2, 0.25) is 0 Å². The minimum absolute atomic E-state index is 0.116. The van der Waals surface area contributed by atoms with E-state index in [1.54, 1.807) is 30.3 Å². The topological polar surface area (TPSA) is 61.8 Å². The summed E-state index contributed by atoms with van der Waals surface area (Å²) < 4.78 is 18.6. The second-order valence-electron chi connectivity index (χ2n) is 10.3. The van der Waals surface area contributed by atoms with Crippen LogP contribution in [0.5, 0.6) is 0 Å². The number of ether oxygens (including phenoxy) is 3. The van der Waals surface area contributed by atoms with E-state index in [-0.39, 0.29) is 11.9 Å². The van der Waals surface area contributed by atoms with Crippen LogP contribution in [0.25, 0.3) is 22.3 Å². The predicted molar refractivity (Wildman–Crippen MR) is 173 cm³/mol. The van der Waals surface area contributed by atoms with E-state index in [4.69, 9.17) is 14.2 Å². The molecule has 0 aromatic heterocycles. The Labute approximate surface area is 271 Å². The maximum atomic E-state index is 13.2. The molecule has 44 heavy (non-hydrogen) atoms. The van der Waals surface area contributed by atoms with Crippen molar-refractivity contribution in [1.82, 2.24) is 0 Å². The van der Waals surface area contributed by atoms with Gasteiger partial charge in [-0.1, -0.05) is 48.5 Å². The Morgan fingerprint density at radius 2 is 1.27 bits per heavy atom. The second-order valence-corrected chi connectivity index (χ2v) is 12.3. The van der Waals surface area contributed by atoms with E-state index >= 15 is 0 Å². The molecule has 1 fully saturated rings. The number of esters is 2. The van der Waals surface area contributed by atoms with E-state index < -0.39 is 23.5 Å². The van der Waals surface area contributed by atoms with E-state index in [9.17, 15) is 9.59 Å². The summed E-state index contributed by atoms with van der Waals surface area (Å²) in [6.45, 7) is 5.84. The predicted octanol–water partition coefficient (Wildman–Crippen LogP) is 8.06. The number of hydrogen-bond donors (Lipinski definition) is 0. The van der Waals surface area contributed by atoms with E-state index in [1.807, 2.05) is 97.9 Å². The van der Waals surface area contributed by atoms with Crippen molar-refractivity contribution in [3.63, 3.8) is 0 Å². The molecule has 0 spiro atoms. The second kappa shape index (κ2) is 15.2. The molecule has 0 aliphatic carbocycles. The van der Waals surface area contributed by atoms with Gasteiger partial charge in [0.15, 0.2) is 0 Å². The molecule has 221 valence electrons. The van der Waals surface area contributed by atoms with Crippen molar-refractivity contribution in [2.75, 3.05) is 6.61 Å². The molecule has 0 radical (unpaired) electrons. The number of hydrogen-bond acceptors (Lipinski definition) is 6. The third kappa shape index (κ3) is 8.16. The molecule has 5 rings (SSSR count). The first-order chi connectivity index (χ1) is 21.4. The van der Waals surface area contributed by atoms with Gasteiger partial charge in [-0.25, -0.2) is 0 Å². The summed E-state index contributed by atoms with van der Waals surface area (Å²) in [5.41, 5.74) is 5.57. The normalized spacial score (nSPS) is 17.9. The van der Waals surface area contributed by atoms with Crippen molar-refractivity contribution in [3.05, 3.63) is 145 Å². The van der Waals surface area contributed by atoms with Crippen LogP contribution in [0.1, 0.15) is 34.1 Å². The Balaban J connectivity index is 1.23. The fraction of sp³-hybridized carbons (Fsp3) is 0.162. The zero-order valence-corrected chi connectivity index (χ0v) is 26.5. The zero-order valence-electron chi connectivity index (χ0n) is 24.3. The molecule has 0 saturated carbocycles. The molecule has 7 heteroatoms. The van der Waals surface area contributed by atoms with Gasteiger partial charge in [0, 0.05) is 0 Å². The van der Waals surface area contributed by atoms with E-state index in [2.05, 4.69) is 23.6 Å². The van der Waals surface area contributed by atoms with Crippen LogP contribution in [-0.2, 0) is 31.2 Å². The van der Waals surface area contributed by atoms with Crippen molar-refractivity contribution in [2.24, 2.45) is 0 Å². The van der Waals surface area contributed by atoms with Gasteiger partial charge in [-0.05, 0) is 5.56 Å². The Kier molecular flexibility index (Phi) is 10.9. The molecular formula is C37H32O5SV. The quantitative estimate of drug-likeness (QED) is 0.122. The number of benzene rings is 4. The van der Waals surface area contributed by atoms with Gasteiger partial charge in [-0.15, -0.1) is 0 Å². The van der Waals surface area contributed by atoms with E-state index in [0.29, 0.717) is 22.0 Å². The van der Waals surface area contributed by atoms with Gasteiger partial charge in [0.1, 0.15) is 0 Å². The molecule has 0 amide bonds. The van der Waals surface area contributed by atoms with Crippen LogP contribution in [0.3, 0.4) is 0 Å². The van der Waals surface area contributed by atoms with Crippen molar-refractivity contribution in [3.8, 4) is 22.3 Å². The average Bonchev–Trinajstić information content (AvgIpc) is 3.45. The Hall–Kier alpha value is -3.94. The van der Waals surface area contributed by atoms with Gasteiger partial charge in [0.25, 0.3) is 0 Å². The van der Waals surface area contributed by atoms with Crippen LogP contribution in [0, 0.1) is 0 Å². The number of allylic oxidation sites excluding steroid dienone is 2. The van der Waals surface area contributed by atoms with Crippen molar-refractivity contribution >= 4 is 28.1 Å². The molecule has 4 aromatic rings. The van der Waals surface area contributed by atoms with E-state index in [1.165, 1.54) is 11.8 Å². The van der Waals surface area contributed by atoms with Crippen molar-refractivity contribution in [1.29, 1.82) is 0 Å². The summed E-state index contributed by atoms with van der Waals surface area (Å²) in [5.74, 6) is -0.823. The molecule has 1 heterocycles. The summed E-state index contributed by atoms with van der Waals surface area (Å²) >= 11 is 3.91. The van der Waals surface area contributed by atoms with Gasteiger partial charge < -0.3 is 0 Å². The minimum atomic E-state index is -0.536. The van der Waals surface area contributed by atoms with Gasteiger partial charge in [-0.3, -0.25) is 0 Å². The summed E-state index contributed by atoms with van der Waals surface area (Å²) in [4.78, 5) is 26.1. The number of thioether (sulfide) groups is 1. The molecule has 4 aromatic carbocycles. The third-order valence-corrected chi connectivity index (χ3v) is 9.27. The molecule has 0 bridgehead atoms. The van der Waals surface area contributed by atoms with Crippen LogP contribution in [0.15, 0.2) is 133 Å².